The Labute approximate surface area is 176 Å². The average molecular weight is 405 g/mol. The van der Waals surface area contributed by atoms with E-state index >= 15 is 0 Å². The number of likely N-dealkylation sites (tertiary alicyclic amines) is 1. The molecule has 2 unspecified atom stereocenters. The van der Waals surface area contributed by atoms with E-state index in [1.165, 1.54) is 5.56 Å². The standard InChI is InChI=1S/C24H27N3O3/c1-4-30-24(29)21-15-17-14-18(10-11-20(17)27(21)3)25-23(28)22-19(12-13-26(22)2)16-8-6-5-7-9-16/h5-11,14-15,19,22H,4,12-13H2,1-3H3,(H,25,28). The van der Waals surface area contributed by atoms with Gasteiger partial charge in [0, 0.05) is 29.6 Å². The first-order chi connectivity index (χ1) is 14.5. The summed E-state index contributed by atoms with van der Waals surface area (Å²) in [6.45, 7) is 3.01. The maximum Gasteiger partial charge on any atom is 0.354 e. The summed E-state index contributed by atoms with van der Waals surface area (Å²) in [6.07, 6.45) is 0.958. The van der Waals surface area contributed by atoms with Crippen LogP contribution in [-0.2, 0) is 16.6 Å². The Morgan fingerprint density at radius 1 is 1.10 bits per heavy atom. The molecule has 0 radical (unpaired) electrons. The molecule has 0 spiro atoms. The molecule has 4 rings (SSSR count). The summed E-state index contributed by atoms with van der Waals surface area (Å²) in [5.74, 6) is -0.183. The van der Waals surface area contributed by atoms with Gasteiger partial charge in [-0.15, -0.1) is 0 Å². The van der Waals surface area contributed by atoms with Crippen molar-refractivity contribution in [2.75, 3.05) is 25.5 Å². The molecule has 1 amide bonds. The Balaban J connectivity index is 1.57. The fourth-order valence-electron chi connectivity index (χ4n) is 4.42. The monoisotopic (exact) mass is 405 g/mol. The van der Waals surface area contributed by atoms with Gasteiger partial charge >= 0.3 is 5.97 Å². The largest absolute Gasteiger partial charge is 0.461 e. The number of fused-ring (bicyclic) bond motifs is 1. The molecule has 1 aromatic heterocycles. The number of hydrogen-bond donors (Lipinski definition) is 1. The number of nitrogens with zero attached hydrogens (tertiary/aromatic N) is 2. The number of hydrogen-bond acceptors (Lipinski definition) is 4. The molecule has 0 saturated carbocycles. The van der Waals surface area contributed by atoms with Gasteiger partial charge < -0.3 is 14.6 Å². The van der Waals surface area contributed by atoms with Crippen LogP contribution in [0.3, 0.4) is 0 Å². The van der Waals surface area contributed by atoms with Gasteiger partial charge in [-0.3, -0.25) is 9.69 Å². The number of esters is 1. The number of likely N-dealkylation sites (N-methyl/N-ethyl adjacent to an activating group) is 1. The van der Waals surface area contributed by atoms with Crippen LogP contribution < -0.4 is 5.32 Å². The molecule has 0 bridgehead atoms. The van der Waals surface area contributed by atoms with Crippen LogP contribution in [0.1, 0.15) is 35.3 Å². The van der Waals surface area contributed by atoms with Crippen molar-refractivity contribution in [3.05, 3.63) is 65.9 Å². The minimum absolute atomic E-state index is 0.00949. The van der Waals surface area contributed by atoms with Crippen LogP contribution in [0.2, 0.25) is 0 Å². The molecule has 6 nitrogen and oxygen atoms in total. The lowest BCUT2D eigenvalue weighted by Crippen LogP contribution is -2.40. The molecule has 1 saturated heterocycles. The van der Waals surface area contributed by atoms with Crippen molar-refractivity contribution < 1.29 is 14.3 Å². The third kappa shape index (κ3) is 3.71. The third-order valence-electron chi connectivity index (χ3n) is 5.94. The second-order valence-electron chi connectivity index (χ2n) is 7.80. The molecule has 6 heteroatoms. The third-order valence-corrected chi connectivity index (χ3v) is 5.94. The Morgan fingerprint density at radius 2 is 1.87 bits per heavy atom. The number of ether oxygens (including phenoxy) is 1. The summed E-state index contributed by atoms with van der Waals surface area (Å²) in [6, 6.07) is 17.5. The number of benzene rings is 2. The number of nitrogens with one attached hydrogen (secondary N) is 1. The molecule has 30 heavy (non-hydrogen) atoms. The van der Waals surface area contributed by atoms with E-state index in [1.807, 2.05) is 55.1 Å². The molecule has 2 aromatic carbocycles. The van der Waals surface area contributed by atoms with Gasteiger partial charge in [-0.25, -0.2) is 4.79 Å². The van der Waals surface area contributed by atoms with Crippen LogP contribution in [0.25, 0.3) is 10.9 Å². The van der Waals surface area contributed by atoms with Crippen molar-refractivity contribution in [3.63, 3.8) is 0 Å². The summed E-state index contributed by atoms with van der Waals surface area (Å²) < 4.78 is 6.95. The maximum atomic E-state index is 13.2. The molecular weight excluding hydrogens is 378 g/mol. The summed E-state index contributed by atoms with van der Waals surface area (Å²) in [5.41, 5.74) is 3.33. The van der Waals surface area contributed by atoms with Crippen molar-refractivity contribution >= 4 is 28.5 Å². The SMILES string of the molecule is CCOC(=O)c1cc2cc(NC(=O)C3C(c4ccccc4)CCN3C)ccc2n1C. The number of anilines is 1. The van der Waals surface area contributed by atoms with Crippen LogP contribution in [-0.4, -0.2) is 47.6 Å². The van der Waals surface area contributed by atoms with Crippen molar-refractivity contribution in [3.8, 4) is 0 Å². The van der Waals surface area contributed by atoms with Gasteiger partial charge in [-0.2, -0.15) is 0 Å². The lowest BCUT2D eigenvalue weighted by molar-refractivity contribution is -0.120. The highest BCUT2D eigenvalue weighted by Gasteiger charge is 2.38. The number of rotatable bonds is 5. The number of aromatic nitrogens is 1. The van der Waals surface area contributed by atoms with Crippen LogP contribution in [0.4, 0.5) is 5.69 Å². The van der Waals surface area contributed by atoms with Gasteiger partial charge in [0.1, 0.15) is 5.69 Å². The van der Waals surface area contributed by atoms with E-state index in [0.29, 0.717) is 12.3 Å². The second-order valence-corrected chi connectivity index (χ2v) is 7.80. The predicted molar refractivity (Wildman–Crippen MR) is 118 cm³/mol. The zero-order valence-corrected chi connectivity index (χ0v) is 17.6. The lowest BCUT2D eigenvalue weighted by Gasteiger charge is -2.24. The van der Waals surface area contributed by atoms with Crippen molar-refractivity contribution in [1.29, 1.82) is 0 Å². The molecule has 1 fully saturated rings. The molecule has 1 aliphatic rings. The van der Waals surface area contributed by atoms with Crippen molar-refractivity contribution in [2.24, 2.45) is 7.05 Å². The molecule has 2 heterocycles. The number of aryl methyl sites for hydroxylation is 1. The van der Waals surface area contributed by atoms with Gasteiger partial charge in [0.05, 0.1) is 12.6 Å². The van der Waals surface area contributed by atoms with E-state index in [4.69, 9.17) is 4.74 Å². The van der Waals surface area contributed by atoms with E-state index in [9.17, 15) is 9.59 Å². The van der Waals surface area contributed by atoms with Crippen LogP contribution in [0.15, 0.2) is 54.6 Å². The van der Waals surface area contributed by atoms with E-state index < -0.39 is 0 Å². The molecular formula is C24H27N3O3. The highest BCUT2D eigenvalue weighted by atomic mass is 16.5. The van der Waals surface area contributed by atoms with E-state index in [2.05, 4.69) is 22.3 Å². The summed E-state index contributed by atoms with van der Waals surface area (Å²) in [4.78, 5) is 27.5. The molecule has 3 aromatic rings. The maximum absolute atomic E-state index is 13.2. The second kappa shape index (κ2) is 8.32. The number of carbonyl (C=O) groups excluding carboxylic acids is 2. The van der Waals surface area contributed by atoms with E-state index in [0.717, 1.165) is 29.6 Å². The first-order valence-corrected chi connectivity index (χ1v) is 10.3. The topological polar surface area (TPSA) is 63.6 Å². The van der Waals surface area contributed by atoms with Gasteiger partial charge in [-0.05, 0) is 56.8 Å². The Hall–Kier alpha value is -3.12. The summed E-state index contributed by atoms with van der Waals surface area (Å²) in [5, 5.41) is 3.97. The fraction of sp³-hybridized carbons (Fsp3) is 0.333. The first kappa shape index (κ1) is 20.2. The minimum Gasteiger partial charge on any atom is -0.461 e. The summed E-state index contributed by atoms with van der Waals surface area (Å²) >= 11 is 0. The quantitative estimate of drug-likeness (QED) is 0.656. The van der Waals surface area contributed by atoms with Crippen molar-refractivity contribution in [1.82, 2.24) is 9.47 Å². The Bertz CT molecular complexity index is 1070. The number of amides is 1. The van der Waals surface area contributed by atoms with Gasteiger partial charge in [-0.1, -0.05) is 30.3 Å². The highest BCUT2D eigenvalue weighted by Crippen LogP contribution is 2.33. The van der Waals surface area contributed by atoms with E-state index in [-0.39, 0.29) is 23.8 Å². The Morgan fingerprint density at radius 3 is 2.60 bits per heavy atom. The molecule has 1 aliphatic heterocycles. The normalized spacial score (nSPS) is 19.2. The zero-order valence-electron chi connectivity index (χ0n) is 17.6. The fourth-order valence-corrected chi connectivity index (χ4v) is 4.42. The van der Waals surface area contributed by atoms with Gasteiger partial charge in [0.25, 0.3) is 0 Å². The van der Waals surface area contributed by atoms with Crippen LogP contribution >= 0.6 is 0 Å². The zero-order chi connectivity index (χ0) is 21.3. The van der Waals surface area contributed by atoms with Crippen LogP contribution in [0, 0.1) is 0 Å². The molecule has 1 N–H and O–H groups in total. The van der Waals surface area contributed by atoms with Crippen LogP contribution in [0.5, 0.6) is 0 Å². The smallest absolute Gasteiger partial charge is 0.354 e. The van der Waals surface area contributed by atoms with Gasteiger partial charge in [0.15, 0.2) is 0 Å². The predicted octanol–water partition coefficient (Wildman–Crippen LogP) is 3.78. The average Bonchev–Trinajstić information content (AvgIpc) is 3.29. The van der Waals surface area contributed by atoms with E-state index in [1.54, 1.807) is 13.0 Å². The Kier molecular flexibility index (Phi) is 5.59. The molecule has 2 atom stereocenters. The molecule has 156 valence electrons. The minimum atomic E-state index is -0.347. The molecule has 0 aliphatic carbocycles. The number of carbonyl (C=O) groups is 2. The lowest BCUT2D eigenvalue weighted by atomic mass is 9.91. The van der Waals surface area contributed by atoms with Crippen molar-refractivity contribution in [2.45, 2.75) is 25.3 Å². The summed E-state index contributed by atoms with van der Waals surface area (Å²) in [7, 11) is 3.84. The van der Waals surface area contributed by atoms with Gasteiger partial charge in [0.2, 0.25) is 5.91 Å². The highest BCUT2D eigenvalue weighted by molar-refractivity contribution is 6.00. The first-order valence-electron chi connectivity index (χ1n) is 10.3.